The van der Waals surface area contributed by atoms with Gasteiger partial charge in [-0.15, -0.1) is 0 Å². The highest BCUT2D eigenvalue weighted by Gasteiger charge is 2.46. The van der Waals surface area contributed by atoms with Crippen molar-refractivity contribution in [3.63, 3.8) is 0 Å². The lowest BCUT2D eigenvalue weighted by Gasteiger charge is -2.36. The number of nitrogens with zero attached hydrogens (tertiary/aromatic N) is 1. The average molecular weight is 280 g/mol. The summed E-state index contributed by atoms with van der Waals surface area (Å²) in [7, 11) is 0. The Kier molecular flexibility index (Phi) is 4.05. The molecule has 1 aliphatic heterocycles. The van der Waals surface area contributed by atoms with Crippen molar-refractivity contribution in [3.8, 4) is 0 Å². The summed E-state index contributed by atoms with van der Waals surface area (Å²) in [5.74, 6) is -2.05. The molecule has 0 aliphatic carbocycles. The van der Waals surface area contributed by atoms with Gasteiger partial charge in [-0.1, -0.05) is 6.07 Å². The number of nitrogens with one attached hydrogen (secondary N) is 1. The van der Waals surface area contributed by atoms with Crippen LogP contribution in [0, 0.1) is 11.6 Å². The van der Waals surface area contributed by atoms with Gasteiger partial charge < -0.3 is 5.32 Å². The van der Waals surface area contributed by atoms with Gasteiger partial charge in [-0.25, -0.2) is 8.78 Å². The SMILES string of the molecule is Fc1ccc([C@@H](N2CCNCC2)C(F)(F)F)c(F)c1. The van der Waals surface area contributed by atoms with Crippen LogP contribution in [-0.4, -0.2) is 37.3 Å². The highest BCUT2D eigenvalue weighted by Crippen LogP contribution is 2.38. The van der Waals surface area contributed by atoms with Crippen LogP contribution in [0.5, 0.6) is 0 Å². The van der Waals surface area contributed by atoms with Crippen LogP contribution >= 0.6 is 0 Å². The molecule has 1 saturated heterocycles. The Morgan fingerprint density at radius 1 is 1.11 bits per heavy atom. The van der Waals surface area contributed by atoms with E-state index in [1.807, 2.05) is 0 Å². The minimum atomic E-state index is -4.60. The summed E-state index contributed by atoms with van der Waals surface area (Å²) < 4.78 is 65.9. The predicted molar refractivity (Wildman–Crippen MR) is 59.6 cm³/mol. The fourth-order valence-electron chi connectivity index (χ4n) is 2.24. The molecule has 0 saturated carbocycles. The second-order valence-electron chi connectivity index (χ2n) is 4.40. The maximum Gasteiger partial charge on any atom is 0.408 e. The fourth-order valence-corrected chi connectivity index (χ4v) is 2.24. The normalized spacial score (nSPS) is 19.4. The van der Waals surface area contributed by atoms with Crippen LogP contribution in [0.15, 0.2) is 18.2 Å². The number of halogens is 5. The minimum Gasteiger partial charge on any atom is -0.314 e. The van der Waals surface area contributed by atoms with E-state index in [0.29, 0.717) is 19.2 Å². The number of rotatable bonds is 2. The zero-order valence-electron chi connectivity index (χ0n) is 9.97. The average Bonchev–Trinajstić information content (AvgIpc) is 2.32. The van der Waals surface area contributed by atoms with Crippen LogP contribution in [-0.2, 0) is 0 Å². The van der Waals surface area contributed by atoms with Crippen molar-refractivity contribution in [1.82, 2.24) is 10.2 Å². The number of alkyl halides is 3. The van der Waals surface area contributed by atoms with Gasteiger partial charge in [0.05, 0.1) is 0 Å². The summed E-state index contributed by atoms with van der Waals surface area (Å²) >= 11 is 0. The maximum atomic E-state index is 13.6. The van der Waals surface area contributed by atoms with Gasteiger partial charge in [-0.05, 0) is 6.07 Å². The van der Waals surface area contributed by atoms with E-state index in [9.17, 15) is 22.0 Å². The molecule has 0 aromatic heterocycles. The fraction of sp³-hybridized carbons (Fsp3) is 0.500. The number of hydrogen-bond acceptors (Lipinski definition) is 2. The van der Waals surface area contributed by atoms with E-state index in [4.69, 9.17) is 0 Å². The van der Waals surface area contributed by atoms with E-state index >= 15 is 0 Å². The quantitative estimate of drug-likeness (QED) is 0.837. The third-order valence-electron chi connectivity index (χ3n) is 3.08. The molecule has 7 heteroatoms. The molecule has 1 heterocycles. The Labute approximate surface area is 107 Å². The molecule has 0 amide bonds. The lowest BCUT2D eigenvalue weighted by Crippen LogP contribution is -2.49. The van der Waals surface area contributed by atoms with Gasteiger partial charge in [0.1, 0.15) is 17.7 Å². The summed E-state index contributed by atoms with van der Waals surface area (Å²) in [5, 5.41) is 2.93. The van der Waals surface area contributed by atoms with E-state index in [2.05, 4.69) is 5.32 Å². The lowest BCUT2D eigenvalue weighted by molar-refractivity contribution is -0.188. The predicted octanol–water partition coefficient (Wildman–Crippen LogP) is 2.47. The second-order valence-corrected chi connectivity index (χ2v) is 4.40. The van der Waals surface area contributed by atoms with Gasteiger partial charge in [-0.3, -0.25) is 4.90 Å². The summed E-state index contributed by atoms with van der Waals surface area (Å²) in [6.45, 7) is 1.16. The Bertz CT molecular complexity index is 440. The van der Waals surface area contributed by atoms with Crippen LogP contribution in [0.25, 0.3) is 0 Å². The summed E-state index contributed by atoms with van der Waals surface area (Å²) in [4.78, 5) is 1.16. The molecule has 2 nitrogen and oxygen atoms in total. The van der Waals surface area contributed by atoms with Crippen molar-refractivity contribution in [2.75, 3.05) is 26.2 Å². The smallest absolute Gasteiger partial charge is 0.314 e. The molecule has 106 valence electrons. The molecule has 0 radical (unpaired) electrons. The Balaban J connectivity index is 2.36. The van der Waals surface area contributed by atoms with Crippen molar-refractivity contribution < 1.29 is 22.0 Å². The van der Waals surface area contributed by atoms with Gasteiger partial charge in [-0.2, -0.15) is 13.2 Å². The highest BCUT2D eigenvalue weighted by molar-refractivity contribution is 5.24. The molecule has 0 unspecified atom stereocenters. The van der Waals surface area contributed by atoms with Gasteiger partial charge in [0.25, 0.3) is 0 Å². The molecular weight excluding hydrogens is 267 g/mol. The monoisotopic (exact) mass is 280 g/mol. The first-order valence-corrected chi connectivity index (χ1v) is 5.86. The van der Waals surface area contributed by atoms with Crippen LogP contribution in [0.3, 0.4) is 0 Å². The lowest BCUT2D eigenvalue weighted by atomic mass is 10.0. The summed E-state index contributed by atoms with van der Waals surface area (Å²) in [6, 6.07) is 0.163. The van der Waals surface area contributed by atoms with Crippen LogP contribution in [0.4, 0.5) is 22.0 Å². The Morgan fingerprint density at radius 2 is 1.74 bits per heavy atom. The molecule has 1 fully saturated rings. The topological polar surface area (TPSA) is 15.3 Å². The zero-order valence-corrected chi connectivity index (χ0v) is 9.97. The molecule has 0 spiro atoms. The van der Waals surface area contributed by atoms with E-state index < -0.39 is 29.4 Å². The van der Waals surface area contributed by atoms with E-state index in [1.54, 1.807) is 0 Å². The first kappa shape index (κ1) is 14.2. The molecule has 1 N–H and O–H groups in total. The highest BCUT2D eigenvalue weighted by atomic mass is 19.4. The van der Waals surface area contributed by atoms with Gasteiger partial charge in [0.2, 0.25) is 0 Å². The summed E-state index contributed by atoms with van der Waals surface area (Å²) in [5.41, 5.74) is -0.532. The number of benzene rings is 1. The first-order chi connectivity index (χ1) is 8.89. The van der Waals surface area contributed by atoms with Crippen molar-refractivity contribution in [3.05, 3.63) is 35.4 Å². The third kappa shape index (κ3) is 3.22. The molecule has 19 heavy (non-hydrogen) atoms. The van der Waals surface area contributed by atoms with Crippen molar-refractivity contribution in [2.45, 2.75) is 12.2 Å². The maximum absolute atomic E-state index is 13.6. The Hall–Kier alpha value is -1.21. The van der Waals surface area contributed by atoms with Crippen LogP contribution in [0.1, 0.15) is 11.6 Å². The van der Waals surface area contributed by atoms with Gasteiger partial charge in [0.15, 0.2) is 0 Å². The van der Waals surface area contributed by atoms with Crippen LogP contribution in [0.2, 0.25) is 0 Å². The summed E-state index contributed by atoms with van der Waals surface area (Å²) in [6.07, 6.45) is -4.60. The number of piperazine rings is 1. The largest absolute Gasteiger partial charge is 0.408 e. The van der Waals surface area contributed by atoms with Crippen LogP contribution < -0.4 is 5.32 Å². The van der Waals surface area contributed by atoms with Crippen molar-refractivity contribution in [1.29, 1.82) is 0 Å². The van der Waals surface area contributed by atoms with E-state index in [-0.39, 0.29) is 13.1 Å². The van der Waals surface area contributed by atoms with Gasteiger partial charge >= 0.3 is 6.18 Å². The molecule has 0 bridgehead atoms. The molecule has 2 rings (SSSR count). The molecule has 1 aromatic rings. The van der Waals surface area contributed by atoms with E-state index in [0.717, 1.165) is 17.0 Å². The molecule has 1 aliphatic rings. The Morgan fingerprint density at radius 3 is 2.26 bits per heavy atom. The van der Waals surface area contributed by atoms with Crippen molar-refractivity contribution >= 4 is 0 Å². The molecular formula is C12H13F5N2. The minimum absolute atomic E-state index is 0.168. The zero-order chi connectivity index (χ0) is 14.0. The van der Waals surface area contributed by atoms with Crippen molar-refractivity contribution in [2.24, 2.45) is 0 Å². The second kappa shape index (κ2) is 5.42. The molecule has 1 aromatic carbocycles. The molecule has 1 atom stereocenters. The third-order valence-corrected chi connectivity index (χ3v) is 3.08. The standard InChI is InChI=1S/C12H13F5N2/c13-8-1-2-9(10(14)7-8)11(12(15,16)17)19-5-3-18-4-6-19/h1-2,7,11,18H,3-6H2/t11-/m1/s1. The number of hydrogen-bond donors (Lipinski definition) is 1. The van der Waals surface area contributed by atoms with E-state index in [1.165, 1.54) is 0 Å². The van der Waals surface area contributed by atoms with Gasteiger partial charge in [0, 0.05) is 37.8 Å². The first-order valence-electron chi connectivity index (χ1n) is 5.86.